The SMILES string of the molecule is CC(CC=O)c1cc2c(c(Cl)c1O)OCCO2. The van der Waals surface area contributed by atoms with E-state index in [4.69, 9.17) is 21.1 Å². The number of aromatic hydroxyl groups is 1. The maximum absolute atomic E-state index is 10.5. The number of carbonyl (C=O) groups excluding carboxylic acids is 1. The number of hydrogen-bond donors (Lipinski definition) is 1. The van der Waals surface area contributed by atoms with Gasteiger partial charge in [-0.05, 0) is 12.0 Å². The summed E-state index contributed by atoms with van der Waals surface area (Å²) in [4.78, 5) is 10.5. The van der Waals surface area contributed by atoms with Crippen LogP contribution in [0.5, 0.6) is 17.2 Å². The van der Waals surface area contributed by atoms with E-state index in [2.05, 4.69) is 0 Å². The highest BCUT2D eigenvalue weighted by molar-refractivity contribution is 6.34. The van der Waals surface area contributed by atoms with E-state index in [9.17, 15) is 9.90 Å². The van der Waals surface area contributed by atoms with Crippen molar-refractivity contribution in [3.05, 3.63) is 16.7 Å². The molecule has 0 bridgehead atoms. The first kappa shape index (κ1) is 12.0. The average Bonchev–Trinajstić information content (AvgIpc) is 2.34. The first-order valence-corrected chi connectivity index (χ1v) is 5.77. The summed E-state index contributed by atoms with van der Waals surface area (Å²) in [5, 5.41) is 10.1. The summed E-state index contributed by atoms with van der Waals surface area (Å²) in [6.45, 7) is 2.71. The van der Waals surface area contributed by atoms with Crippen LogP contribution >= 0.6 is 11.6 Å². The molecule has 4 nitrogen and oxygen atoms in total. The van der Waals surface area contributed by atoms with Crippen LogP contribution in [-0.4, -0.2) is 24.6 Å². The van der Waals surface area contributed by atoms with E-state index in [-0.39, 0.29) is 16.7 Å². The molecule has 92 valence electrons. The van der Waals surface area contributed by atoms with E-state index in [1.165, 1.54) is 0 Å². The van der Waals surface area contributed by atoms with E-state index >= 15 is 0 Å². The van der Waals surface area contributed by atoms with Crippen LogP contribution in [-0.2, 0) is 4.79 Å². The molecule has 1 heterocycles. The lowest BCUT2D eigenvalue weighted by Gasteiger charge is -2.22. The zero-order valence-corrected chi connectivity index (χ0v) is 10.2. The highest BCUT2D eigenvalue weighted by Crippen LogP contribution is 2.47. The second-order valence-electron chi connectivity index (χ2n) is 3.96. The van der Waals surface area contributed by atoms with Crippen molar-refractivity contribution in [3.63, 3.8) is 0 Å². The van der Waals surface area contributed by atoms with Crippen LogP contribution in [0.25, 0.3) is 0 Å². The predicted octanol–water partition coefficient (Wildman–Crippen LogP) is 2.51. The van der Waals surface area contributed by atoms with E-state index in [1.54, 1.807) is 6.07 Å². The summed E-state index contributed by atoms with van der Waals surface area (Å²) in [7, 11) is 0. The number of phenols is 1. The zero-order chi connectivity index (χ0) is 12.4. The number of rotatable bonds is 3. The van der Waals surface area contributed by atoms with Crippen LogP contribution in [0.2, 0.25) is 5.02 Å². The van der Waals surface area contributed by atoms with Crippen LogP contribution in [0.4, 0.5) is 0 Å². The molecule has 1 unspecified atom stereocenters. The third-order valence-electron chi connectivity index (χ3n) is 2.76. The van der Waals surface area contributed by atoms with Gasteiger partial charge in [0.15, 0.2) is 11.5 Å². The average molecular weight is 257 g/mol. The van der Waals surface area contributed by atoms with Gasteiger partial charge in [0.1, 0.15) is 30.3 Å². The summed E-state index contributed by atoms with van der Waals surface area (Å²) >= 11 is 6.02. The van der Waals surface area contributed by atoms with Crippen LogP contribution in [0, 0.1) is 0 Å². The van der Waals surface area contributed by atoms with Crippen LogP contribution in [0.1, 0.15) is 24.8 Å². The van der Waals surface area contributed by atoms with E-state index < -0.39 is 0 Å². The standard InChI is InChI=1S/C12H13ClO4/c1-7(2-3-14)8-6-9-12(10(13)11(8)15)17-5-4-16-9/h3,6-7,15H,2,4-5H2,1H3. The third-order valence-corrected chi connectivity index (χ3v) is 3.11. The van der Waals surface area contributed by atoms with E-state index in [0.717, 1.165) is 6.29 Å². The Balaban J connectivity index is 2.47. The molecule has 0 fully saturated rings. The first-order valence-electron chi connectivity index (χ1n) is 5.39. The second-order valence-corrected chi connectivity index (χ2v) is 4.33. The molecule has 0 spiro atoms. The number of benzene rings is 1. The Labute approximate surface area is 104 Å². The Bertz CT molecular complexity index is 445. The van der Waals surface area contributed by atoms with Crippen LogP contribution in [0.3, 0.4) is 0 Å². The van der Waals surface area contributed by atoms with Gasteiger partial charge in [0, 0.05) is 12.0 Å². The van der Waals surface area contributed by atoms with Gasteiger partial charge in [0.25, 0.3) is 0 Å². The topological polar surface area (TPSA) is 55.8 Å². The number of phenolic OH excluding ortho intramolecular Hbond substituents is 1. The summed E-state index contributed by atoms with van der Waals surface area (Å²) in [6, 6.07) is 1.68. The van der Waals surface area contributed by atoms with Crippen molar-refractivity contribution in [1.82, 2.24) is 0 Å². The highest BCUT2D eigenvalue weighted by atomic mass is 35.5. The molecular formula is C12H13ClO4. The number of fused-ring (bicyclic) bond motifs is 1. The molecule has 0 amide bonds. The molecule has 1 N–H and O–H groups in total. The van der Waals surface area contributed by atoms with Crippen LogP contribution < -0.4 is 9.47 Å². The third kappa shape index (κ3) is 2.17. The molecule has 0 saturated heterocycles. The fraction of sp³-hybridized carbons (Fsp3) is 0.417. The fourth-order valence-electron chi connectivity index (χ4n) is 1.80. The van der Waals surface area contributed by atoms with E-state index in [1.807, 2.05) is 6.92 Å². The molecule has 0 saturated carbocycles. The maximum atomic E-state index is 10.5. The summed E-state index contributed by atoms with van der Waals surface area (Å²) in [5.74, 6) is 0.746. The number of ether oxygens (including phenoxy) is 2. The molecule has 17 heavy (non-hydrogen) atoms. The van der Waals surface area contributed by atoms with Crippen molar-refractivity contribution in [3.8, 4) is 17.2 Å². The lowest BCUT2D eigenvalue weighted by Crippen LogP contribution is -2.16. The van der Waals surface area contributed by atoms with Gasteiger partial charge in [-0.25, -0.2) is 0 Å². The van der Waals surface area contributed by atoms with Crippen molar-refractivity contribution in [2.75, 3.05) is 13.2 Å². The fourth-order valence-corrected chi connectivity index (χ4v) is 2.06. The molecule has 2 rings (SSSR count). The first-order chi connectivity index (χ1) is 8.15. The van der Waals surface area contributed by atoms with Gasteiger partial charge in [0.2, 0.25) is 0 Å². The molecule has 1 atom stereocenters. The minimum atomic E-state index is -0.110. The van der Waals surface area contributed by atoms with Gasteiger partial charge in [0.05, 0.1) is 0 Å². The molecule has 1 aliphatic heterocycles. The lowest BCUT2D eigenvalue weighted by atomic mass is 9.97. The Morgan fingerprint density at radius 1 is 1.53 bits per heavy atom. The van der Waals surface area contributed by atoms with Crippen molar-refractivity contribution in [2.45, 2.75) is 19.3 Å². The number of halogens is 1. The van der Waals surface area contributed by atoms with Gasteiger partial charge in [-0.3, -0.25) is 0 Å². The second kappa shape index (κ2) is 4.84. The molecule has 5 heteroatoms. The summed E-state index contributed by atoms with van der Waals surface area (Å²) in [6.07, 6.45) is 1.14. The maximum Gasteiger partial charge on any atom is 0.183 e. The van der Waals surface area contributed by atoms with Gasteiger partial charge in [-0.2, -0.15) is 0 Å². The molecule has 1 aromatic rings. The number of carbonyl (C=O) groups is 1. The zero-order valence-electron chi connectivity index (χ0n) is 9.40. The van der Waals surface area contributed by atoms with Crippen molar-refractivity contribution < 1.29 is 19.4 Å². The molecule has 1 aliphatic rings. The van der Waals surface area contributed by atoms with E-state index in [0.29, 0.717) is 36.7 Å². The Morgan fingerprint density at radius 3 is 2.94 bits per heavy atom. The number of aldehydes is 1. The Hall–Kier alpha value is -1.42. The minimum absolute atomic E-state index is 0.0368. The number of hydrogen-bond acceptors (Lipinski definition) is 4. The van der Waals surface area contributed by atoms with Crippen LogP contribution in [0.15, 0.2) is 6.07 Å². The monoisotopic (exact) mass is 256 g/mol. The predicted molar refractivity (Wildman–Crippen MR) is 63.2 cm³/mol. The molecule has 0 radical (unpaired) electrons. The van der Waals surface area contributed by atoms with Gasteiger partial charge in [-0.15, -0.1) is 0 Å². The molecular weight excluding hydrogens is 244 g/mol. The highest BCUT2D eigenvalue weighted by Gasteiger charge is 2.23. The largest absolute Gasteiger partial charge is 0.506 e. The Kier molecular flexibility index (Phi) is 3.43. The van der Waals surface area contributed by atoms with Gasteiger partial charge in [-0.1, -0.05) is 18.5 Å². The lowest BCUT2D eigenvalue weighted by molar-refractivity contribution is -0.108. The quantitative estimate of drug-likeness (QED) is 0.845. The smallest absolute Gasteiger partial charge is 0.183 e. The van der Waals surface area contributed by atoms with Crippen molar-refractivity contribution in [1.29, 1.82) is 0 Å². The normalized spacial score (nSPS) is 15.4. The van der Waals surface area contributed by atoms with Crippen molar-refractivity contribution in [2.24, 2.45) is 0 Å². The Morgan fingerprint density at radius 2 is 2.24 bits per heavy atom. The minimum Gasteiger partial charge on any atom is -0.506 e. The van der Waals surface area contributed by atoms with Gasteiger partial charge < -0.3 is 19.4 Å². The molecule has 1 aromatic carbocycles. The molecule has 0 aliphatic carbocycles. The summed E-state index contributed by atoms with van der Waals surface area (Å²) < 4.78 is 10.8. The van der Waals surface area contributed by atoms with Crippen molar-refractivity contribution >= 4 is 17.9 Å². The molecule has 0 aromatic heterocycles. The van der Waals surface area contributed by atoms with Gasteiger partial charge >= 0.3 is 0 Å². The summed E-state index contributed by atoms with van der Waals surface area (Å²) in [5.41, 5.74) is 0.603.